The molecule has 6 rings (SSSR count). The van der Waals surface area contributed by atoms with Crippen LogP contribution in [0.4, 0.5) is 5.69 Å². The number of Topliss-reactive ketones (excluding diaryl/α,β-unsaturated/α-hetero) is 1. The van der Waals surface area contributed by atoms with Crippen LogP contribution in [0, 0.1) is 0 Å². The molecule has 0 fully saturated rings. The number of rotatable bonds is 5. The van der Waals surface area contributed by atoms with Crippen molar-refractivity contribution in [3.63, 3.8) is 0 Å². The Morgan fingerprint density at radius 1 is 0.895 bits per heavy atom. The molecule has 4 aromatic rings. The minimum absolute atomic E-state index is 0.128. The zero-order chi connectivity index (χ0) is 26.2. The van der Waals surface area contributed by atoms with Gasteiger partial charge in [-0.3, -0.25) is 9.59 Å². The largest absolute Gasteiger partial charge is 0.490 e. The number of nitrogens with one attached hydrogen (secondary N) is 1. The summed E-state index contributed by atoms with van der Waals surface area (Å²) >= 11 is 0. The number of allylic oxidation sites excluding steroid dienone is 2. The summed E-state index contributed by atoms with van der Waals surface area (Å²) in [6.07, 6.45) is 1.22. The second-order valence-electron chi connectivity index (χ2n) is 9.87. The standard InChI is InChI=1S/C33H29NO4/c1-3-37-30-19-23(14-16-29(30)38-20(2)35)31-32-25-12-8-7-11-22(25)13-15-26(32)34-27-17-24(18-28(36)33(27)31)21-9-5-4-6-10-21/h4-16,19,24,31,34H,3,17-18H2,1-2H3/t24-,31-/m1/s1. The van der Waals surface area contributed by atoms with E-state index in [9.17, 15) is 9.59 Å². The van der Waals surface area contributed by atoms with Gasteiger partial charge in [-0.05, 0) is 64.9 Å². The molecule has 0 aromatic heterocycles. The number of carbonyl (C=O) groups is 2. The zero-order valence-electron chi connectivity index (χ0n) is 21.5. The highest BCUT2D eigenvalue weighted by Crippen LogP contribution is 2.51. The average molecular weight is 504 g/mol. The molecule has 0 spiro atoms. The summed E-state index contributed by atoms with van der Waals surface area (Å²) in [6, 6.07) is 28.4. The molecule has 4 aromatic carbocycles. The van der Waals surface area contributed by atoms with Gasteiger partial charge in [-0.1, -0.05) is 66.7 Å². The van der Waals surface area contributed by atoms with Crippen molar-refractivity contribution in [3.8, 4) is 11.5 Å². The molecule has 0 bridgehead atoms. The Hall–Kier alpha value is -4.38. The van der Waals surface area contributed by atoms with E-state index in [0.29, 0.717) is 24.5 Å². The van der Waals surface area contributed by atoms with Crippen molar-refractivity contribution in [1.29, 1.82) is 0 Å². The Kier molecular flexibility index (Phi) is 6.20. The first-order chi connectivity index (χ1) is 18.5. The summed E-state index contributed by atoms with van der Waals surface area (Å²) in [6.45, 7) is 3.70. The van der Waals surface area contributed by atoms with Gasteiger partial charge in [-0.2, -0.15) is 0 Å². The van der Waals surface area contributed by atoms with E-state index < -0.39 is 5.97 Å². The van der Waals surface area contributed by atoms with E-state index in [2.05, 4.69) is 41.7 Å². The zero-order valence-corrected chi connectivity index (χ0v) is 21.5. The van der Waals surface area contributed by atoms with Gasteiger partial charge in [-0.15, -0.1) is 0 Å². The van der Waals surface area contributed by atoms with E-state index in [1.54, 1.807) is 6.07 Å². The van der Waals surface area contributed by atoms with E-state index in [4.69, 9.17) is 9.47 Å². The molecular weight excluding hydrogens is 474 g/mol. The highest BCUT2D eigenvalue weighted by Gasteiger charge is 2.39. The quantitative estimate of drug-likeness (QED) is 0.232. The molecule has 5 heteroatoms. The Labute approximate surface area is 222 Å². The maximum Gasteiger partial charge on any atom is 0.308 e. The molecule has 2 aliphatic rings. The first-order valence-electron chi connectivity index (χ1n) is 13.1. The van der Waals surface area contributed by atoms with Gasteiger partial charge in [0.05, 0.1) is 6.61 Å². The van der Waals surface area contributed by atoms with Crippen molar-refractivity contribution < 1.29 is 19.1 Å². The number of ketones is 1. The fourth-order valence-electron chi connectivity index (χ4n) is 5.91. The summed E-state index contributed by atoms with van der Waals surface area (Å²) in [4.78, 5) is 25.7. The van der Waals surface area contributed by atoms with Crippen LogP contribution in [0.25, 0.3) is 10.8 Å². The minimum Gasteiger partial charge on any atom is -0.490 e. The maximum atomic E-state index is 14.0. The first kappa shape index (κ1) is 24.0. The van der Waals surface area contributed by atoms with E-state index in [-0.39, 0.29) is 17.6 Å². The molecule has 0 amide bonds. The fraction of sp³-hybridized carbons (Fsp3) is 0.212. The predicted molar refractivity (Wildman–Crippen MR) is 149 cm³/mol. The topological polar surface area (TPSA) is 64.6 Å². The van der Waals surface area contributed by atoms with Crippen molar-refractivity contribution >= 4 is 28.2 Å². The Balaban J connectivity index is 1.54. The lowest BCUT2D eigenvalue weighted by molar-refractivity contribution is -0.132. The Morgan fingerprint density at radius 2 is 1.68 bits per heavy atom. The number of benzene rings is 4. The van der Waals surface area contributed by atoms with Crippen molar-refractivity contribution in [2.75, 3.05) is 11.9 Å². The van der Waals surface area contributed by atoms with Gasteiger partial charge >= 0.3 is 5.97 Å². The number of anilines is 1. The molecule has 5 nitrogen and oxygen atoms in total. The fourth-order valence-corrected chi connectivity index (χ4v) is 5.91. The smallest absolute Gasteiger partial charge is 0.308 e. The van der Waals surface area contributed by atoms with E-state index in [1.807, 2.05) is 49.4 Å². The molecule has 2 atom stereocenters. The number of ether oxygens (including phenoxy) is 2. The maximum absolute atomic E-state index is 14.0. The van der Waals surface area contributed by atoms with Crippen LogP contribution in [0.2, 0.25) is 0 Å². The number of hydrogen-bond donors (Lipinski definition) is 1. The van der Waals surface area contributed by atoms with Crippen LogP contribution < -0.4 is 14.8 Å². The lowest BCUT2D eigenvalue weighted by Crippen LogP contribution is -2.30. The van der Waals surface area contributed by atoms with Gasteiger partial charge in [-0.25, -0.2) is 0 Å². The van der Waals surface area contributed by atoms with Crippen molar-refractivity contribution in [1.82, 2.24) is 0 Å². The highest BCUT2D eigenvalue weighted by molar-refractivity contribution is 6.04. The molecule has 0 saturated heterocycles. The van der Waals surface area contributed by atoms with E-state index in [1.165, 1.54) is 12.5 Å². The molecule has 190 valence electrons. The molecule has 38 heavy (non-hydrogen) atoms. The molecular formula is C33H29NO4. The second-order valence-corrected chi connectivity index (χ2v) is 9.87. The van der Waals surface area contributed by atoms with Crippen molar-refractivity contribution in [3.05, 3.63) is 113 Å². The molecule has 0 unspecified atom stereocenters. The van der Waals surface area contributed by atoms with Gasteiger partial charge < -0.3 is 14.8 Å². The van der Waals surface area contributed by atoms with Gasteiger partial charge in [0.1, 0.15) is 0 Å². The number of carbonyl (C=O) groups excluding carboxylic acids is 2. The Bertz CT molecular complexity index is 1590. The summed E-state index contributed by atoms with van der Waals surface area (Å²) in [5.74, 6) is 0.469. The van der Waals surface area contributed by atoms with Gasteiger partial charge in [0, 0.05) is 36.2 Å². The van der Waals surface area contributed by atoms with Gasteiger partial charge in [0.2, 0.25) is 0 Å². The summed E-state index contributed by atoms with van der Waals surface area (Å²) in [5, 5.41) is 5.88. The monoisotopic (exact) mass is 503 g/mol. The molecule has 0 saturated carbocycles. The first-order valence-corrected chi connectivity index (χ1v) is 13.1. The minimum atomic E-state index is -0.406. The average Bonchev–Trinajstić information content (AvgIpc) is 2.93. The highest BCUT2D eigenvalue weighted by atomic mass is 16.6. The van der Waals surface area contributed by atoms with Crippen molar-refractivity contribution in [2.24, 2.45) is 0 Å². The van der Waals surface area contributed by atoms with Crippen LogP contribution in [0.5, 0.6) is 11.5 Å². The molecule has 1 N–H and O–H groups in total. The Morgan fingerprint density at radius 3 is 2.47 bits per heavy atom. The molecule has 1 aliphatic heterocycles. The molecule has 1 heterocycles. The van der Waals surface area contributed by atoms with Crippen LogP contribution >= 0.6 is 0 Å². The second kappa shape index (κ2) is 9.82. The third-order valence-corrected chi connectivity index (χ3v) is 7.47. The van der Waals surface area contributed by atoms with Gasteiger partial charge in [0.15, 0.2) is 17.3 Å². The van der Waals surface area contributed by atoms with Crippen LogP contribution in [0.3, 0.4) is 0 Å². The number of fused-ring (bicyclic) bond motifs is 3. The van der Waals surface area contributed by atoms with E-state index in [0.717, 1.165) is 45.3 Å². The SMILES string of the molecule is CCOc1cc([C@H]2C3=C(C[C@@H](c4ccccc4)CC3=O)Nc3ccc4ccccc4c32)ccc1OC(C)=O. The van der Waals surface area contributed by atoms with Crippen molar-refractivity contribution in [2.45, 2.75) is 38.5 Å². The summed E-state index contributed by atoms with van der Waals surface area (Å²) in [5.41, 5.74) is 5.99. The third-order valence-electron chi connectivity index (χ3n) is 7.47. The number of hydrogen-bond acceptors (Lipinski definition) is 5. The van der Waals surface area contributed by atoms with E-state index >= 15 is 0 Å². The lowest BCUT2D eigenvalue weighted by Gasteiger charge is -2.37. The van der Waals surface area contributed by atoms with Crippen LogP contribution in [-0.2, 0) is 9.59 Å². The summed E-state index contributed by atoms with van der Waals surface area (Å²) in [7, 11) is 0. The predicted octanol–water partition coefficient (Wildman–Crippen LogP) is 7.12. The lowest BCUT2D eigenvalue weighted by atomic mass is 9.71. The molecule has 1 aliphatic carbocycles. The van der Waals surface area contributed by atoms with Crippen LogP contribution in [0.1, 0.15) is 55.2 Å². The normalized spacial score (nSPS) is 18.4. The van der Waals surface area contributed by atoms with Crippen LogP contribution in [-0.4, -0.2) is 18.4 Å². The number of esters is 1. The molecule has 0 radical (unpaired) electrons. The third kappa shape index (κ3) is 4.24. The van der Waals surface area contributed by atoms with Gasteiger partial charge in [0.25, 0.3) is 0 Å². The van der Waals surface area contributed by atoms with Crippen LogP contribution in [0.15, 0.2) is 96.2 Å². The summed E-state index contributed by atoms with van der Waals surface area (Å²) < 4.78 is 11.3.